The highest BCUT2D eigenvalue weighted by Crippen LogP contribution is 2.30. The summed E-state index contributed by atoms with van der Waals surface area (Å²) in [5.41, 5.74) is 2.23. The molecule has 0 N–H and O–H groups in total. The fourth-order valence-electron chi connectivity index (χ4n) is 2.92. The third-order valence-electron chi connectivity index (χ3n) is 4.26. The van der Waals surface area contributed by atoms with E-state index in [0.29, 0.717) is 10.8 Å². The minimum absolute atomic E-state index is 0.125. The minimum Gasteiger partial charge on any atom is -0.317 e. The number of aromatic nitrogens is 1. The number of thiocarbonyl (C=S) groups is 1. The standard InChI is InChI=1S/C20H15N3OS/c1-22-18(12-14-8-10-21-11-9-14)19(24)23(20(22)25)17-7-6-15-4-2-3-5-16(15)13-17/h2-13H,1H3/b18-12+. The molecule has 1 aliphatic heterocycles. The number of likely N-dealkylation sites (N-methyl/N-ethyl adjacent to an activating group) is 1. The van der Waals surface area contributed by atoms with Gasteiger partial charge in [-0.05, 0) is 58.9 Å². The number of pyridine rings is 1. The summed E-state index contributed by atoms with van der Waals surface area (Å²) < 4.78 is 0. The topological polar surface area (TPSA) is 36.4 Å². The van der Waals surface area contributed by atoms with Crippen molar-refractivity contribution in [1.82, 2.24) is 9.88 Å². The molecule has 2 heterocycles. The number of fused-ring (bicyclic) bond motifs is 1. The number of anilines is 1. The highest BCUT2D eigenvalue weighted by molar-refractivity contribution is 7.80. The Morgan fingerprint density at radius 2 is 1.72 bits per heavy atom. The molecular weight excluding hydrogens is 330 g/mol. The summed E-state index contributed by atoms with van der Waals surface area (Å²) in [5.74, 6) is -0.125. The maximum absolute atomic E-state index is 13.0. The van der Waals surface area contributed by atoms with Crippen LogP contribution in [0.5, 0.6) is 0 Å². The van der Waals surface area contributed by atoms with Crippen LogP contribution in [0.3, 0.4) is 0 Å². The van der Waals surface area contributed by atoms with Crippen molar-refractivity contribution in [3.8, 4) is 0 Å². The third-order valence-corrected chi connectivity index (χ3v) is 4.72. The Kier molecular flexibility index (Phi) is 3.78. The Hall–Kier alpha value is -3.05. The molecule has 122 valence electrons. The summed E-state index contributed by atoms with van der Waals surface area (Å²) in [6.45, 7) is 0. The fourth-order valence-corrected chi connectivity index (χ4v) is 3.20. The monoisotopic (exact) mass is 345 g/mol. The van der Waals surface area contributed by atoms with Crippen molar-refractivity contribution < 1.29 is 4.79 Å². The number of hydrogen-bond donors (Lipinski definition) is 0. The number of benzene rings is 2. The highest BCUT2D eigenvalue weighted by Gasteiger charge is 2.36. The van der Waals surface area contributed by atoms with Gasteiger partial charge in [-0.25, -0.2) is 0 Å². The molecule has 0 atom stereocenters. The first-order chi connectivity index (χ1) is 12.1. The molecule has 0 unspecified atom stereocenters. The molecule has 0 bridgehead atoms. The Bertz CT molecular complexity index is 1010. The van der Waals surface area contributed by atoms with Crippen LogP contribution in [-0.2, 0) is 4.79 Å². The number of amides is 1. The van der Waals surface area contributed by atoms with Crippen molar-refractivity contribution in [2.24, 2.45) is 0 Å². The van der Waals surface area contributed by atoms with Gasteiger partial charge in [0.05, 0.1) is 5.69 Å². The van der Waals surface area contributed by atoms with E-state index in [4.69, 9.17) is 12.2 Å². The van der Waals surface area contributed by atoms with E-state index in [1.807, 2.05) is 67.7 Å². The van der Waals surface area contributed by atoms with Gasteiger partial charge in [0, 0.05) is 19.4 Å². The van der Waals surface area contributed by atoms with E-state index in [-0.39, 0.29) is 5.91 Å². The number of nitrogens with zero attached hydrogens (tertiary/aromatic N) is 3. The fraction of sp³-hybridized carbons (Fsp3) is 0.0500. The van der Waals surface area contributed by atoms with Crippen LogP contribution in [0.2, 0.25) is 0 Å². The van der Waals surface area contributed by atoms with Crippen LogP contribution >= 0.6 is 12.2 Å². The van der Waals surface area contributed by atoms with Crippen molar-refractivity contribution in [2.75, 3.05) is 11.9 Å². The lowest BCUT2D eigenvalue weighted by atomic mass is 10.1. The average Bonchev–Trinajstić information content (AvgIpc) is 2.86. The summed E-state index contributed by atoms with van der Waals surface area (Å²) >= 11 is 5.52. The van der Waals surface area contributed by atoms with Gasteiger partial charge in [-0.1, -0.05) is 30.3 Å². The van der Waals surface area contributed by atoms with Crippen LogP contribution in [-0.4, -0.2) is 28.0 Å². The molecule has 1 saturated heterocycles. The van der Waals surface area contributed by atoms with Crippen molar-refractivity contribution >= 4 is 45.8 Å². The van der Waals surface area contributed by atoms with Gasteiger partial charge in [0.2, 0.25) is 0 Å². The highest BCUT2D eigenvalue weighted by atomic mass is 32.1. The zero-order valence-electron chi connectivity index (χ0n) is 13.6. The zero-order chi connectivity index (χ0) is 17.4. The second-order valence-electron chi connectivity index (χ2n) is 5.82. The quantitative estimate of drug-likeness (QED) is 0.522. The Morgan fingerprint density at radius 3 is 2.48 bits per heavy atom. The number of rotatable bonds is 2. The normalized spacial score (nSPS) is 16.3. The van der Waals surface area contributed by atoms with E-state index >= 15 is 0 Å². The van der Waals surface area contributed by atoms with Gasteiger partial charge >= 0.3 is 0 Å². The smallest absolute Gasteiger partial charge is 0.281 e. The van der Waals surface area contributed by atoms with Gasteiger partial charge in [-0.15, -0.1) is 0 Å². The van der Waals surface area contributed by atoms with Crippen LogP contribution in [0.1, 0.15) is 5.56 Å². The first-order valence-corrected chi connectivity index (χ1v) is 8.28. The summed E-state index contributed by atoms with van der Waals surface area (Å²) in [6.07, 6.45) is 5.23. The maximum Gasteiger partial charge on any atom is 0.281 e. The molecule has 1 aliphatic rings. The van der Waals surface area contributed by atoms with E-state index in [9.17, 15) is 4.79 Å². The first kappa shape index (κ1) is 15.5. The third kappa shape index (κ3) is 2.68. The molecule has 25 heavy (non-hydrogen) atoms. The number of carbonyl (C=O) groups is 1. The summed E-state index contributed by atoms with van der Waals surface area (Å²) in [7, 11) is 1.81. The largest absolute Gasteiger partial charge is 0.317 e. The second kappa shape index (κ2) is 6.11. The molecule has 2 aromatic carbocycles. The van der Waals surface area contributed by atoms with Gasteiger partial charge < -0.3 is 4.90 Å². The van der Waals surface area contributed by atoms with E-state index < -0.39 is 0 Å². The van der Waals surface area contributed by atoms with Gasteiger partial charge in [-0.2, -0.15) is 0 Å². The van der Waals surface area contributed by atoms with Crippen molar-refractivity contribution in [1.29, 1.82) is 0 Å². The molecule has 0 radical (unpaired) electrons. The van der Waals surface area contributed by atoms with Gasteiger partial charge in [0.15, 0.2) is 5.11 Å². The van der Waals surface area contributed by atoms with E-state index in [1.165, 1.54) is 0 Å². The molecule has 4 rings (SSSR count). The van der Waals surface area contributed by atoms with Gasteiger partial charge in [0.1, 0.15) is 5.70 Å². The predicted octanol–water partition coefficient (Wildman–Crippen LogP) is 3.84. The van der Waals surface area contributed by atoms with Crippen molar-refractivity contribution in [3.63, 3.8) is 0 Å². The molecule has 1 amide bonds. The Balaban J connectivity index is 1.76. The van der Waals surface area contributed by atoms with Crippen molar-refractivity contribution in [3.05, 3.63) is 78.3 Å². The zero-order valence-corrected chi connectivity index (χ0v) is 14.4. The van der Waals surface area contributed by atoms with E-state index in [0.717, 1.165) is 22.0 Å². The SMILES string of the molecule is CN1C(=S)N(c2ccc3ccccc3c2)C(=O)/C1=C\c1ccncc1. The van der Waals surface area contributed by atoms with Crippen LogP contribution in [0, 0.1) is 0 Å². The summed E-state index contributed by atoms with van der Waals surface area (Å²) in [4.78, 5) is 20.3. The maximum atomic E-state index is 13.0. The molecular formula is C20H15N3OS. The molecule has 3 aromatic rings. The minimum atomic E-state index is -0.125. The molecule has 5 heteroatoms. The van der Waals surface area contributed by atoms with Crippen LogP contribution in [0.4, 0.5) is 5.69 Å². The average molecular weight is 345 g/mol. The molecule has 0 saturated carbocycles. The molecule has 1 aromatic heterocycles. The number of hydrogen-bond acceptors (Lipinski definition) is 3. The molecule has 4 nitrogen and oxygen atoms in total. The summed E-state index contributed by atoms with van der Waals surface area (Å²) in [6, 6.07) is 17.7. The van der Waals surface area contributed by atoms with Crippen molar-refractivity contribution in [2.45, 2.75) is 0 Å². The van der Waals surface area contributed by atoms with Crippen LogP contribution in [0.25, 0.3) is 16.8 Å². The summed E-state index contributed by atoms with van der Waals surface area (Å²) in [5, 5.41) is 2.68. The lowest BCUT2D eigenvalue weighted by Gasteiger charge is -2.17. The van der Waals surface area contributed by atoms with Crippen LogP contribution < -0.4 is 4.90 Å². The lowest BCUT2D eigenvalue weighted by Crippen LogP contribution is -2.31. The molecule has 0 spiro atoms. The van der Waals surface area contributed by atoms with Crippen LogP contribution in [0.15, 0.2) is 72.7 Å². The lowest BCUT2D eigenvalue weighted by molar-refractivity contribution is -0.114. The Morgan fingerprint density at radius 1 is 1.00 bits per heavy atom. The number of carbonyl (C=O) groups excluding carboxylic acids is 1. The van der Waals surface area contributed by atoms with Gasteiger partial charge in [-0.3, -0.25) is 14.7 Å². The first-order valence-electron chi connectivity index (χ1n) is 7.88. The predicted molar refractivity (Wildman–Crippen MR) is 104 cm³/mol. The van der Waals surface area contributed by atoms with E-state index in [1.54, 1.807) is 22.2 Å². The molecule has 0 aliphatic carbocycles. The van der Waals surface area contributed by atoms with E-state index in [2.05, 4.69) is 4.98 Å². The Labute approximate surface area is 151 Å². The molecule has 1 fully saturated rings. The van der Waals surface area contributed by atoms with Gasteiger partial charge in [0.25, 0.3) is 5.91 Å². The second-order valence-corrected chi connectivity index (χ2v) is 6.19.